The number of aryl methyl sites for hydroxylation is 1. The number of carbonyl (C=O) groups is 1. The first-order chi connectivity index (χ1) is 15.8. The van der Waals surface area contributed by atoms with E-state index < -0.39 is 28.9 Å². The van der Waals surface area contributed by atoms with Crippen LogP contribution in [0.5, 0.6) is 5.75 Å². The topological polar surface area (TPSA) is 81.1 Å². The lowest BCUT2D eigenvalue weighted by Crippen LogP contribution is -2.41. The molecule has 7 nitrogen and oxygen atoms in total. The maximum absolute atomic E-state index is 13.2. The molecule has 11 heteroatoms. The van der Waals surface area contributed by atoms with Gasteiger partial charge in [-0.05, 0) is 42.8 Å². The fourth-order valence-electron chi connectivity index (χ4n) is 3.50. The van der Waals surface area contributed by atoms with E-state index in [1.54, 1.807) is 4.68 Å². The van der Waals surface area contributed by atoms with Crippen molar-refractivity contribution in [2.45, 2.75) is 42.9 Å². The zero-order valence-electron chi connectivity index (χ0n) is 17.9. The van der Waals surface area contributed by atoms with Crippen molar-refractivity contribution in [2.75, 3.05) is 17.3 Å². The highest BCUT2D eigenvalue weighted by Gasteiger charge is 2.38. The van der Waals surface area contributed by atoms with Crippen LogP contribution in [0.25, 0.3) is 0 Å². The number of carbonyl (C=O) groups excluding carboxylic acids is 1. The summed E-state index contributed by atoms with van der Waals surface area (Å²) in [6.45, 7) is 4.37. The normalized spacial score (nSPS) is 17.7. The molecular formula is C22H22F3N5O2S. The lowest BCUT2D eigenvalue weighted by atomic mass is 10.0. The molecular weight excluding hydrogens is 455 g/mol. The number of alkyl halides is 3. The summed E-state index contributed by atoms with van der Waals surface area (Å²) in [5.74, 6) is 0.970. The van der Waals surface area contributed by atoms with E-state index in [0.29, 0.717) is 29.8 Å². The number of hydrogen-bond donors (Lipinski definition) is 2. The lowest BCUT2D eigenvalue weighted by molar-refractivity contribution is -0.137. The van der Waals surface area contributed by atoms with Crippen LogP contribution >= 0.6 is 11.8 Å². The molecule has 2 atom stereocenters. The molecule has 1 aliphatic rings. The Morgan fingerprint density at radius 2 is 1.94 bits per heavy atom. The molecule has 0 fully saturated rings. The van der Waals surface area contributed by atoms with Gasteiger partial charge in [-0.25, -0.2) is 4.68 Å². The molecule has 2 N–H and O–H groups in total. The maximum atomic E-state index is 13.2. The number of aromatic nitrogens is 3. The van der Waals surface area contributed by atoms with Crippen molar-refractivity contribution in [1.82, 2.24) is 14.9 Å². The largest absolute Gasteiger partial charge is 0.494 e. The van der Waals surface area contributed by atoms with Crippen molar-refractivity contribution in [3.63, 3.8) is 0 Å². The van der Waals surface area contributed by atoms with Crippen molar-refractivity contribution in [2.24, 2.45) is 0 Å². The summed E-state index contributed by atoms with van der Waals surface area (Å²) in [5, 5.41) is 10.7. The Kier molecular flexibility index (Phi) is 6.50. The highest BCUT2D eigenvalue weighted by molar-refractivity contribution is 8.00. The second-order valence-corrected chi connectivity index (χ2v) is 8.41. The van der Waals surface area contributed by atoms with E-state index in [0.717, 1.165) is 17.7 Å². The van der Waals surface area contributed by atoms with Gasteiger partial charge in [-0.3, -0.25) is 4.79 Å². The van der Waals surface area contributed by atoms with Gasteiger partial charge in [0.1, 0.15) is 11.0 Å². The third-order valence-corrected chi connectivity index (χ3v) is 6.30. The SMILES string of the molecule is CCOc1ccc([C@@H]2Nn3c(CC)nnc3S[C@@H]2C(=O)Nc2cccc(C(F)(F)F)c2)cc1. The molecule has 0 saturated carbocycles. The molecule has 1 aliphatic heterocycles. The lowest BCUT2D eigenvalue weighted by Gasteiger charge is -2.33. The van der Waals surface area contributed by atoms with E-state index >= 15 is 0 Å². The molecule has 33 heavy (non-hydrogen) atoms. The fraction of sp³-hybridized carbons (Fsp3) is 0.318. The van der Waals surface area contributed by atoms with E-state index in [9.17, 15) is 18.0 Å². The molecule has 0 unspecified atom stereocenters. The van der Waals surface area contributed by atoms with Gasteiger partial charge in [-0.15, -0.1) is 10.2 Å². The van der Waals surface area contributed by atoms with Gasteiger partial charge in [0.2, 0.25) is 11.1 Å². The minimum atomic E-state index is -4.50. The minimum absolute atomic E-state index is 0.0714. The quantitative estimate of drug-likeness (QED) is 0.538. The van der Waals surface area contributed by atoms with Crippen LogP contribution in [-0.2, 0) is 17.4 Å². The summed E-state index contributed by atoms with van der Waals surface area (Å²) in [7, 11) is 0. The summed E-state index contributed by atoms with van der Waals surface area (Å²) >= 11 is 1.21. The monoisotopic (exact) mass is 477 g/mol. The highest BCUT2D eigenvalue weighted by atomic mass is 32.2. The van der Waals surface area contributed by atoms with Gasteiger partial charge in [0.25, 0.3) is 0 Å². The average molecular weight is 478 g/mol. The number of benzene rings is 2. The third-order valence-electron chi connectivity index (χ3n) is 5.09. The zero-order valence-corrected chi connectivity index (χ0v) is 18.7. The molecule has 3 aromatic rings. The van der Waals surface area contributed by atoms with Crippen LogP contribution in [0.3, 0.4) is 0 Å². The van der Waals surface area contributed by atoms with E-state index in [-0.39, 0.29) is 5.69 Å². The summed E-state index contributed by atoms with van der Waals surface area (Å²) in [6, 6.07) is 11.4. The van der Waals surface area contributed by atoms with Crippen molar-refractivity contribution in [1.29, 1.82) is 0 Å². The average Bonchev–Trinajstić information content (AvgIpc) is 3.21. The van der Waals surface area contributed by atoms with Crippen molar-refractivity contribution >= 4 is 23.4 Å². The number of ether oxygens (including phenoxy) is 1. The van der Waals surface area contributed by atoms with Crippen LogP contribution in [0.4, 0.5) is 18.9 Å². The van der Waals surface area contributed by atoms with Gasteiger partial charge in [-0.1, -0.05) is 36.9 Å². The van der Waals surface area contributed by atoms with Gasteiger partial charge in [0.05, 0.1) is 18.2 Å². The molecule has 0 spiro atoms. The van der Waals surface area contributed by atoms with Crippen molar-refractivity contribution in [3.8, 4) is 5.75 Å². The highest BCUT2D eigenvalue weighted by Crippen LogP contribution is 2.38. The summed E-state index contributed by atoms with van der Waals surface area (Å²) in [6.07, 6.45) is -3.86. The Bertz CT molecular complexity index is 1130. The number of rotatable bonds is 6. The van der Waals surface area contributed by atoms with Crippen molar-refractivity contribution in [3.05, 3.63) is 65.5 Å². The summed E-state index contributed by atoms with van der Waals surface area (Å²) in [5.41, 5.74) is 3.36. The number of amides is 1. The minimum Gasteiger partial charge on any atom is -0.494 e. The van der Waals surface area contributed by atoms with Gasteiger partial charge >= 0.3 is 6.18 Å². The number of nitrogens with one attached hydrogen (secondary N) is 2. The predicted octanol–water partition coefficient (Wildman–Crippen LogP) is 4.66. The standard InChI is InChI=1S/C22H22F3N5O2S/c1-3-17-27-28-21-30(17)29-18(13-8-10-16(11-9-13)32-4-2)19(33-21)20(31)26-15-7-5-6-14(12-15)22(23,24)25/h5-12,18-19,29H,3-4H2,1-2H3,(H,26,31)/t18-,19-/m0/s1. The number of fused-ring (bicyclic) bond motifs is 1. The van der Waals surface area contributed by atoms with Crippen LogP contribution in [-0.4, -0.2) is 32.6 Å². The zero-order chi connectivity index (χ0) is 23.6. The first kappa shape index (κ1) is 23.0. The molecule has 4 rings (SSSR count). The van der Waals surface area contributed by atoms with Gasteiger partial charge in [0.15, 0.2) is 5.82 Å². The fourth-order valence-corrected chi connectivity index (χ4v) is 4.60. The van der Waals surface area contributed by atoms with Crippen LogP contribution in [0, 0.1) is 0 Å². The number of hydrogen-bond acceptors (Lipinski definition) is 6. The Morgan fingerprint density at radius 1 is 1.18 bits per heavy atom. The van der Waals surface area contributed by atoms with Crippen molar-refractivity contribution < 1.29 is 22.7 Å². The van der Waals surface area contributed by atoms with Crippen LogP contribution in [0.15, 0.2) is 53.7 Å². The Balaban J connectivity index is 1.64. The Morgan fingerprint density at radius 3 is 2.61 bits per heavy atom. The molecule has 174 valence electrons. The van der Waals surface area contributed by atoms with Crippen LogP contribution < -0.4 is 15.5 Å². The predicted molar refractivity (Wildman–Crippen MR) is 119 cm³/mol. The second kappa shape index (κ2) is 9.34. The molecule has 0 saturated heterocycles. The first-order valence-electron chi connectivity index (χ1n) is 10.4. The van der Waals surface area contributed by atoms with E-state index in [1.165, 1.54) is 23.9 Å². The summed E-state index contributed by atoms with van der Waals surface area (Å²) in [4.78, 5) is 13.2. The molecule has 0 bridgehead atoms. The number of halogens is 3. The Hall–Kier alpha value is -3.21. The van der Waals surface area contributed by atoms with E-state index in [1.807, 2.05) is 38.1 Å². The summed E-state index contributed by atoms with van der Waals surface area (Å²) < 4.78 is 46.5. The number of anilines is 1. The number of thioether (sulfide) groups is 1. The molecule has 2 heterocycles. The van der Waals surface area contributed by atoms with Gasteiger partial charge < -0.3 is 15.5 Å². The molecule has 0 radical (unpaired) electrons. The Labute approximate surface area is 192 Å². The molecule has 1 amide bonds. The smallest absolute Gasteiger partial charge is 0.416 e. The van der Waals surface area contributed by atoms with Gasteiger partial charge in [-0.2, -0.15) is 13.2 Å². The van der Waals surface area contributed by atoms with Gasteiger partial charge in [0, 0.05) is 12.1 Å². The van der Waals surface area contributed by atoms with E-state index in [4.69, 9.17) is 4.74 Å². The second-order valence-electron chi connectivity index (χ2n) is 7.30. The molecule has 1 aromatic heterocycles. The maximum Gasteiger partial charge on any atom is 0.416 e. The first-order valence-corrected chi connectivity index (χ1v) is 11.3. The van der Waals surface area contributed by atoms with Crippen LogP contribution in [0.1, 0.15) is 36.8 Å². The number of nitrogens with zero attached hydrogens (tertiary/aromatic N) is 3. The van der Waals surface area contributed by atoms with E-state index in [2.05, 4.69) is 20.9 Å². The third kappa shape index (κ3) is 4.92. The van der Waals surface area contributed by atoms with Crippen LogP contribution in [0.2, 0.25) is 0 Å². The molecule has 2 aromatic carbocycles. The molecule has 0 aliphatic carbocycles.